The highest BCUT2D eigenvalue weighted by Gasteiger charge is 2.64. The Labute approximate surface area is 432 Å². The molecule has 0 N–H and O–H groups in total. The van der Waals surface area contributed by atoms with E-state index in [4.69, 9.17) is 32.9 Å². The summed E-state index contributed by atoms with van der Waals surface area (Å²) in [4.78, 5) is 9.32. The third-order valence-corrected chi connectivity index (χ3v) is 20.8. The van der Waals surface area contributed by atoms with Crippen LogP contribution in [0.1, 0.15) is 188 Å². The van der Waals surface area contributed by atoms with Crippen molar-refractivity contribution in [1.29, 1.82) is 0 Å². The number of aromatic nitrogens is 2. The summed E-state index contributed by atoms with van der Waals surface area (Å²) in [6.07, 6.45) is 3.76. The summed E-state index contributed by atoms with van der Waals surface area (Å²) in [7, 11) is -1.33. The van der Waals surface area contributed by atoms with Crippen molar-refractivity contribution in [3.8, 4) is 22.5 Å². The molecule has 3 aliphatic heterocycles. The van der Waals surface area contributed by atoms with Gasteiger partial charge in [-0.25, -0.2) is 0 Å². The molecule has 3 fully saturated rings. The van der Waals surface area contributed by atoms with Crippen LogP contribution in [0.2, 0.25) is 0 Å². The van der Waals surface area contributed by atoms with Crippen molar-refractivity contribution in [1.82, 2.24) is 9.97 Å². The normalized spacial score (nSPS) is 25.3. The minimum absolute atomic E-state index is 0.0878. The number of hydrogen-bond acceptors (Lipinski definition) is 8. The molecule has 0 amide bonds. The van der Waals surface area contributed by atoms with Crippen LogP contribution in [0, 0.1) is 10.8 Å². The average Bonchev–Trinajstić information content (AvgIpc) is 3.78. The lowest BCUT2D eigenvalue weighted by atomic mass is 9.49. The van der Waals surface area contributed by atoms with Crippen LogP contribution in [0.4, 0.5) is 0 Å². The van der Waals surface area contributed by atoms with Crippen LogP contribution in [0.5, 0.6) is 0 Å². The first-order valence-electron chi connectivity index (χ1n) is 25.5. The van der Waals surface area contributed by atoms with Crippen molar-refractivity contribution in [2.24, 2.45) is 10.8 Å². The number of pyridine rings is 2. The van der Waals surface area contributed by atoms with Crippen LogP contribution >= 0.6 is 15.9 Å². The molecule has 0 unspecified atom stereocenters. The van der Waals surface area contributed by atoms with E-state index in [1.807, 2.05) is 67.8 Å². The Morgan fingerprint density at radius 3 is 0.986 bits per heavy atom. The Bertz CT molecular complexity index is 2530. The SMILES string of the molecule is CC1(C)OB(B2OC(C)(C)C(C)(C)O2)OC1(C)C.CC1(C)OB(c2ccc(-c3ccc4c(c3)C(C)(C)C(C)(C)C4(C)C)nc2)OC1(C)C.CC1(C)c2ccc(-c3ccc(Br)cn3)cc2C(C)(C)C1(C)C. The summed E-state index contributed by atoms with van der Waals surface area (Å²) >= 11 is 3.45. The van der Waals surface area contributed by atoms with Gasteiger partial charge in [-0.15, -0.1) is 0 Å². The van der Waals surface area contributed by atoms with Crippen LogP contribution < -0.4 is 5.46 Å². The second-order valence-electron chi connectivity index (χ2n) is 26.9. The summed E-state index contributed by atoms with van der Waals surface area (Å²) < 4.78 is 37.2. The Kier molecular flexibility index (Phi) is 13.4. The van der Waals surface area contributed by atoms with Gasteiger partial charge in [0.05, 0.1) is 45.0 Å². The molecule has 0 radical (unpaired) electrons. The lowest BCUT2D eigenvalue weighted by Crippen LogP contribution is -2.42. The van der Waals surface area contributed by atoms with Crippen molar-refractivity contribution in [3.05, 3.63) is 99.8 Å². The van der Waals surface area contributed by atoms with Crippen molar-refractivity contribution >= 4 is 42.5 Å². The van der Waals surface area contributed by atoms with E-state index in [1.165, 1.54) is 27.8 Å². The van der Waals surface area contributed by atoms with Gasteiger partial charge in [0.15, 0.2) is 0 Å². The highest BCUT2D eigenvalue weighted by atomic mass is 79.9. The van der Waals surface area contributed by atoms with Crippen molar-refractivity contribution in [3.63, 3.8) is 0 Å². The zero-order chi connectivity index (χ0) is 52.6. The lowest BCUT2D eigenvalue weighted by Gasteiger charge is -2.44. The second-order valence-corrected chi connectivity index (χ2v) is 27.9. The van der Waals surface area contributed by atoms with E-state index < -0.39 is 14.0 Å². The minimum Gasteiger partial charge on any atom is -0.405 e. The zero-order valence-electron chi connectivity index (χ0n) is 47.4. The fourth-order valence-corrected chi connectivity index (χ4v) is 10.9. The second kappa shape index (κ2) is 17.1. The molecule has 70 heavy (non-hydrogen) atoms. The average molecular weight is 1020 g/mol. The van der Waals surface area contributed by atoms with Crippen LogP contribution in [-0.2, 0) is 49.6 Å². The van der Waals surface area contributed by atoms with Gasteiger partial charge in [-0.05, 0) is 184 Å². The molecule has 5 heterocycles. The Hall–Kier alpha value is -2.83. The molecule has 2 aromatic heterocycles. The van der Waals surface area contributed by atoms with Crippen LogP contribution in [0.3, 0.4) is 0 Å². The first kappa shape index (κ1) is 54.9. The molecule has 0 bridgehead atoms. The predicted molar refractivity (Wildman–Crippen MR) is 295 cm³/mol. The largest absolute Gasteiger partial charge is 0.496 e. The van der Waals surface area contributed by atoms with E-state index in [1.54, 1.807) is 0 Å². The van der Waals surface area contributed by atoms with E-state index in [9.17, 15) is 0 Å². The Morgan fingerprint density at radius 2 is 0.671 bits per heavy atom. The molecule has 12 heteroatoms. The Morgan fingerprint density at radius 1 is 0.357 bits per heavy atom. The lowest BCUT2D eigenvalue weighted by molar-refractivity contribution is 0.00578. The van der Waals surface area contributed by atoms with Gasteiger partial charge >= 0.3 is 21.1 Å². The Balaban J connectivity index is 0.000000161. The van der Waals surface area contributed by atoms with Crippen molar-refractivity contribution < 1.29 is 27.9 Å². The molecule has 5 aliphatic rings. The van der Waals surface area contributed by atoms with Crippen LogP contribution in [0.15, 0.2) is 77.5 Å². The van der Waals surface area contributed by atoms with E-state index >= 15 is 0 Å². The third-order valence-electron chi connectivity index (χ3n) is 20.4. The van der Waals surface area contributed by atoms with Crippen LogP contribution in [-0.4, -0.2) is 64.7 Å². The fourth-order valence-electron chi connectivity index (χ4n) is 10.7. The quantitative estimate of drug-likeness (QED) is 0.187. The van der Waals surface area contributed by atoms with E-state index in [0.717, 1.165) is 26.9 Å². The predicted octanol–water partition coefficient (Wildman–Crippen LogP) is 14.0. The monoisotopic (exact) mass is 1020 g/mol. The van der Waals surface area contributed by atoms with E-state index in [2.05, 4.69) is 192 Å². The fraction of sp³-hybridized carbons (Fsp3) is 0.621. The molecule has 2 aromatic carbocycles. The summed E-state index contributed by atoms with van der Waals surface area (Å²) in [6, 6.07) is 22.0. The number of hydrogen-bond donors (Lipinski definition) is 0. The summed E-state index contributed by atoms with van der Waals surface area (Å²) in [6.45, 7) is 53.1. The number of nitrogens with zero attached hydrogens (tertiary/aromatic N) is 2. The zero-order valence-corrected chi connectivity index (χ0v) is 49.0. The number of halogens is 1. The molecular weight excluding hydrogens is 933 g/mol. The molecule has 378 valence electrons. The molecule has 0 saturated carbocycles. The van der Waals surface area contributed by atoms with Crippen LogP contribution in [0.25, 0.3) is 22.5 Å². The standard InChI is InChI=1S/C26H36BNO2.C20H24BrN.C12H24B2O4/c1-22(2)19-13-11-17(15-20(19)23(3,4)24(22,5)6)21-14-12-18(16-28-21)27-29-25(7,8)26(9,10)30-27;1-18(2)15-9-7-13(17-10-8-14(21)12-22-17)11-16(15)19(3,4)20(18,5)6;1-9(2)10(3,4)16-13(15-9)14-17-11(5,6)12(7,8)18-14/h11-16H,1-10H3;7-12H,1-6H3;1-8H3. The molecule has 8 nitrogen and oxygen atoms in total. The summed E-state index contributed by atoms with van der Waals surface area (Å²) in [5.41, 5.74) is 9.91. The minimum atomic E-state index is -0.476. The highest BCUT2D eigenvalue weighted by Crippen LogP contribution is 2.63. The number of benzene rings is 2. The number of rotatable bonds is 4. The molecule has 2 aliphatic carbocycles. The van der Waals surface area contributed by atoms with Gasteiger partial charge in [-0.2, -0.15) is 0 Å². The first-order chi connectivity index (χ1) is 31.6. The summed E-state index contributed by atoms with van der Waals surface area (Å²) in [5, 5.41) is 0. The van der Waals surface area contributed by atoms with Crippen molar-refractivity contribution in [2.45, 2.75) is 221 Å². The maximum atomic E-state index is 6.17. The highest BCUT2D eigenvalue weighted by molar-refractivity contribution is 9.10. The molecular formula is C58H84B3BrN2O6. The molecule has 0 spiro atoms. The number of fused-ring (bicyclic) bond motifs is 2. The maximum Gasteiger partial charge on any atom is 0.496 e. The van der Waals surface area contributed by atoms with E-state index in [0.29, 0.717) is 0 Å². The smallest absolute Gasteiger partial charge is 0.405 e. The van der Waals surface area contributed by atoms with Gasteiger partial charge in [0, 0.05) is 33.5 Å². The van der Waals surface area contributed by atoms with Gasteiger partial charge in [-0.1, -0.05) is 113 Å². The van der Waals surface area contributed by atoms with E-state index in [-0.39, 0.29) is 73.2 Å². The molecule has 3 saturated heterocycles. The molecule has 4 aromatic rings. The molecule has 9 rings (SSSR count). The topological polar surface area (TPSA) is 81.2 Å². The van der Waals surface area contributed by atoms with Gasteiger partial charge in [0.25, 0.3) is 0 Å². The van der Waals surface area contributed by atoms with Gasteiger partial charge in [-0.3, -0.25) is 9.97 Å². The third kappa shape index (κ3) is 8.65. The van der Waals surface area contributed by atoms with Crippen molar-refractivity contribution in [2.75, 3.05) is 0 Å². The first-order valence-corrected chi connectivity index (χ1v) is 26.3. The van der Waals surface area contributed by atoms with Gasteiger partial charge in [0.2, 0.25) is 0 Å². The maximum absolute atomic E-state index is 6.17. The molecule has 0 atom stereocenters. The van der Waals surface area contributed by atoms with Gasteiger partial charge < -0.3 is 27.9 Å². The van der Waals surface area contributed by atoms with Gasteiger partial charge in [0.1, 0.15) is 0 Å². The summed E-state index contributed by atoms with van der Waals surface area (Å²) in [5.74, 6) is 0.